The minimum atomic E-state index is -1.24. The Morgan fingerprint density at radius 1 is 1.10 bits per heavy atom. The summed E-state index contributed by atoms with van der Waals surface area (Å²) in [5.74, 6) is -2.65. The van der Waals surface area contributed by atoms with E-state index in [1.165, 1.54) is 6.07 Å². The van der Waals surface area contributed by atoms with Crippen molar-refractivity contribution in [3.8, 4) is 11.3 Å². The molecule has 0 aliphatic rings. The van der Waals surface area contributed by atoms with Gasteiger partial charge < -0.3 is 15.5 Å². The maximum absolute atomic E-state index is 12.9. The van der Waals surface area contributed by atoms with E-state index in [9.17, 15) is 14.4 Å². The predicted molar refractivity (Wildman–Crippen MR) is 112 cm³/mol. The second kappa shape index (κ2) is 9.11. The molecule has 3 aromatic rings. The van der Waals surface area contributed by atoms with Crippen LogP contribution in [0.2, 0.25) is 10.0 Å². The Morgan fingerprint density at radius 3 is 2.33 bits per heavy atom. The minimum Gasteiger partial charge on any atom is -0.435 e. The van der Waals surface area contributed by atoms with Gasteiger partial charge in [0, 0.05) is 29.0 Å². The van der Waals surface area contributed by atoms with Gasteiger partial charge in [-0.05, 0) is 23.8 Å². The van der Waals surface area contributed by atoms with Gasteiger partial charge >= 0.3 is 0 Å². The van der Waals surface area contributed by atoms with Crippen LogP contribution < -0.4 is 11.1 Å². The number of carbonyl (C=O) groups excluding carboxylic acids is 3. The van der Waals surface area contributed by atoms with E-state index in [0.717, 1.165) is 0 Å². The van der Waals surface area contributed by atoms with E-state index in [2.05, 4.69) is 10.3 Å². The van der Waals surface area contributed by atoms with Crippen LogP contribution in [0.15, 0.2) is 52.9 Å². The average molecular weight is 446 g/mol. The Bertz CT molecular complexity index is 1090. The summed E-state index contributed by atoms with van der Waals surface area (Å²) in [6.45, 7) is 1.60. The van der Waals surface area contributed by atoms with Crippen molar-refractivity contribution in [3.05, 3.63) is 75.8 Å². The number of amides is 2. The van der Waals surface area contributed by atoms with Gasteiger partial charge in [-0.15, -0.1) is 0 Å². The molecule has 3 N–H and O–H groups in total. The van der Waals surface area contributed by atoms with Gasteiger partial charge in [-0.2, -0.15) is 0 Å². The van der Waals surface area contributed by atoms with E-state index in [0.29, 0.717) is 26.9 Å². The fourth-order valence-corrected chi connectivity index (χ4v) is 3.51. The van der Waals surface area contributed by atoms with Gasteiger partial charge in [0.1, 0.15) is 11.7 Å². The average Bonchev–Trinajstić information content (AvgIpc) is 3.08. The van der Waals surface area contributed by atoms with E-state index < -0.39 is 23.6 Å². The molecule has 3 rings (SSSR count). The molecule has 2 amide bonds. The Hall–Kier alpha value is -3.16. The third-order valence-corrected chi connectivity index (χ3v) is 4.65. The van der Waals surface area contributed by atoms with Crippen molar-refractivity contribution in [3.63, 3.8) is 0 Å². The monoisotopic (exact) mass is 445 g/mol. The minimum absolute atomic E-state index is 0.0401. The summed E-state index contributed by atoms with van der Waals surface area (Å²) in [6.07, 6.45) is -0.0401. The maximum atomic E-state index is 12.9. The summed E-state index contributed by atoms with van der Waals surface area (Å²) in [7, 11) is 0. The van der Waals surface area contributed by atoms with Crippen molar-refractivity contribution in [1.29, 1.82) is 0 Å². The molecule has 0 aliphatic heterocycles. The number of hydrogen-bond donors (Lipinski definition) is 2. The molecule has 0 bridgehead atoms. The lowest BCUT2D eigenvalue weighted by molar-refractivity contribution is -0.137. The number of primary amides is 1. The van der Waals surface area contributed by atoms with Crippen molar-refractivity contribution in [2.75, 3.05) is 0 Å². The molecule has 0 fully saturated rings. The van der Waals surface area contributed by atoms with E-state index >= 15 is 0 Å². The fourth-order valence-electron chi connectivity index (χ4n) is 2.94. The summed E-state index contributed by atoms with van der Waals surface area (Å²) in [5, 5.41) is 3.22. The first-order chi connectivity index (χ1) is 14.2. The number of Topliss-reactive ketones (excluding diaryl/α,β-unsaturated/α-hetero) is 1. The van der Waals surface area contributed by atoms with Crippen LogP contribution in [0.5, 0.6) is 0 Å². The van der Waals surface area contributed by atoms with Crippen molar-refractivity contribution in [2.45, 2.75) is 19.4 Å². The van der Waals surface area contributed by atoms with Crippen molar-refractivity contribution in [1.82, 2.24) is 10.3 Å². The zero-order chi connectivity index (χ0) is 21.8. The van der Waals surface area contributed by atoms with E-state index in [1.807, 2.05) is 6.07 Å². The van der Waals surface area contributed by atoms with E-state index in [-0.39, 0.29) is 18.1 Å². The van der Waals surface area contributed by atoms with Gasteiger partial charge in [0.05, 0.1) is 0 Å². The van der Waals surface area contributed by atoms with Crippen molar-refractivity contribution in [2.24, 2.45) is 5.73 Å². The Labute approximate surface area is 182 Å². The molecule has 0 radical (unpaired) electrons. The van der Waals surface area contributed by atoms with Crippen molar-refractivity contribution >= 4 is 40.8 Å². The summed E-state index contributed by atoms with van der Waals surface area (Å²) >= 11 is 12.0. The molecule has 1 aromatic heterocycles. The molecule has 9 heteroatoms. The molecule has 1 atom stereocenters. The number of aromatic nitrogens is 1. The lowest BCUT2D eigenvalue weighted by Crippen LogP contribution is -2.47. The number of nitrogens with two attached hydrogens (primary N) is 1. The Balaban J connectivity index is 1.91. The van der Waals surface area contributed by atoms with Gasteiger partial charge in [-0.1, -0.05) is 53.5 Å². The summed E-state index contributed by atoms with van der Waals surface area (Å²) in [4.78, 5) is 41.0. The number of carbonyl (C=O) groups is 3. The number of hydrogen-bond acceptors (Lipinski definition) is 5. The molecule has 1 unspecified atom stereocenters. The molecule has 2 aromatic carbocycles. The first kappa shape index (κ1) is 21.5. The molecule has 0 aliphatic carbocycles. The zero-order valence-electron chi connectivity index (χ0n) is 15.8. The normalized spacial score (nSPS) is 11.7. The first-order valence-electron chi connectivity index (χ1n) is 8.87. The zero-order valence-corrected chi connectivity index (χ0v) is 17.3. The molecule has 0 spiro atoms. The van der Waals surface area contributed by atoms with Crippen LogP contribution in [0.25, 0.3) is 11.3 Å². The number of halogens is 2. The number of nitrogens with zero attached hydrogens (tertiary/aromatic N) is 1. The molecule has 7 nitrogen and oxygen atoms in total. The highest BCUT2D eigenvalue weighted by Crippen LogP contribution is 2.24. The number of oxazole rings is 1. The largest absolute Gasteiger partial charge is 0.435 e. The smallest absolute Gasteiger partial charge is 0.290 e. The number of nitrogens with one attached hydrogen (secondary N) is 1. The predicted octanol–water partition coefficient (Wildman–Crippen LogP) is 3.35. The number of aryl methyl sites for hydroxylation is 1. The van der Waals surface area contributed by atoms with E-state index in [1.54, 1.807) is 43.3 Å². The number of ketones is 1. The second-order valence-electron chi connectivity index (χ2n) is 6.51. The molecule has 0 saturated carbocycles. The summed E-state index contributed by atoms with van der Waals surface area (Å²) < 4.78 is 5.47. The standard InChI is InChI=1S/C21H17Cl2N3O4/c1-11-25-17(13-5-3-2-4-6-13)19(30-11)21(29)26-16(18(27)20(24)28)9-12-7-14(22)10-15(23)8-12/h2-8,10,16H,9H2,1H3,(H2,24,28)(H,26,29). The highest BCUT2D eigenvalue weighted by Gasteiger charge is 2.29. The fraction of sp³-hybridized carbons (Fsp3) is 0.143. The SMILES string of the molecule is Cc1nc(-c2ccccc2)c(C(=O)NC(Cc2cc(Cl)cc(Cl)c2)C(=O)C(N)=O)o1. The molecular weight excluding hydrogens is 429 g/mol. The molecule has 30 heavy (non-hydrogen) atoms. The third-order valence-electron chi connectivity index (χ3n) is 4.21. The number of rotatable bonds is 7. The quantitative estimate of drug-likeness (QED) is 0.540. The summed E-state index contributed by atoms with van der Waals surface area (Å²) in [6, 6.07) is 12.4. The molecular formula is C21H17Cl2N3O4. The van der Waals surface area contributed by atoms with E-state index in [4.69, 9.17) is 33.4 Å². The van der Waals surface area contributed by atoms with Gasteiger partial charge in [0.15, 0.2) is 5.89 Å². The lowest BCUT2D eigenvalue weighted by Gasteiger charge is -2.16. The van der Waals surface area contributed by atoms with Crippen LogP contribution in [0, 0.1) is 6.92 Å². The van der Waals surface area contributed by atoms with Gasteiger partial charge in [-0.25, -0.2) is 4.98 Å². The van der Waals surface area contributed by atoms with Gasteiger partial charge in [0.2, 0.25) is 11.5 Å². The molecule has 154 valence electrons. The summed E-state index contributed by atoms with van der Waals surface area (Å²) in [5.41, 5.74) is 6.69. The Morgan fingerprint density at radius 2 is 1.73 bits per heavy atom. The maximum Gasteiger partial charge on any atom is 0.290 e. The number of benzene rings is 2. The topological polar surface area (TPSA) is 115 Å². The van der Waals surface area contributed by atoms with Crippen LogP contribution in [-0.4, -0.2) is 28.6 Å². The Kier molecular flexibility index (Phi) is 6.54. The highest BCUT2D eigenvalue weighted by molar-refractivity contribution is 6.38. The molecule has 1 heterocycles. The lowest BCUT2D eigenvalue weighted by atomic mass is 10.0. The van der Waals surface area contributed by atoms with Crippen LogP contribution in [-0.2, 0) is 16.0 Å². The third kappa shape index (κ3) is 5.06. The highest BCUT2D eigenvalue weighted by atomic mass is 35.5. The van der Waals surface area contributed by atoms with Crippen LogP contribution in [0.4, 0.5) is 0 Å². The van der Waals surface area contributed by atoms with Gasteiger partial charge in [-0.3, -0.25) is 14.4 Å². The second-order valence-corrected chi connectivity index (χ2v) is 7.39. The van der Waals surface area contributed by atoms with Crippen LogP contribution in [0.3, 0.4) is 0 Å². The molecule has 0 saturated heterocycles. The van der Waals surface area contributed by atoms with Crippen LogP contribution in [0.1, 0.15) is 22.0 Å². The van der Waals surface area contributed by atoms with Gasteiger partial charge in [0.25, 0.3) is 11.8 Å². The first-order valence-corrected chi connectivity index (χ1v) is 9.62. The van der Waals surface area contributed by atoms with Crippen molar-refractivity contribution < 1.29 is 18.8 Å². The van der Waals surface area contributed by atoms with Crippen LogP contribution >= 0.6 is 23.2 Å².